The lowest BCUT2D eigenvalue weighted by molar-refractivity contribution is 0.0874. The number of pyridine rings is 1. The lowest BCUT2D eigenvalue weighted by atomic mass is 9.99. The van der Waals surface area contributed by atoms with Crippen molar-refractivity contribution >= 4 is 0 Å². The average molecular weight is 306 g/mol. The summed E-state index contributed by atoms with van der Waals surface area (Å²) in [5.41, 5.74) is 4.29. The van der Waals surface area contributed by atoms with Crippen molar-refractivity contribution in [1.29, 1.82) is 0 Å². The van der Waals surface area contributed by atoms with Crippen LogP contribution in [0.1, 0.15) is 70.3 Å². The minimum absolute atomic E-state index is 0.808. The standard InChI is InChI=1S/C19H34N2O/c1-18(14-16-21-22-2)11-8-6-4-3-5-7-9-12-19-13-10-15-20-17-19/h10,13,15,17-18,21H,3-9,11-12,14,16H2,1-2H3/t18-/m0/s1. The predicted molar refractivity (Wildman–Crippen MR) is 93.7 cm³/mol. The van der Waals surface area contributed by atoms with E-state index in [1.54, 1.807) is 7.11 Å². The summed E-state index contributed by atoms with van der Waals surface area (Å²) in [6.07, 6.45) is 17.2. The van der Waals surface area contributed by atoms with Crippen molar-refractivity contribution in [3.05, 3.63) is 30.1 Å². The lowest BCUT2D eigenvalue weighted by Crippen LogP contribution is -2.15. The predicted octanol–water partition coefficient (Wildman–Crippen LogP) is 4.92. The van der Waals surface area contributed by atoms with Crippen molar-refractivity contribution in [2.45, 2.75) is 71.1 Å². The van der Waals surface area contributed by atoms with Gasteiger partial charge in [0.25, 0.3) is 0 Å². The summed E-state index contributed by atoms with van der Waals surface area (Å²) < 4.78 is 0. The van der Waals surface area contributed by atoms with E-state index < -0.39 is 0 Å². The quantitative estimate of drug-likeness (QED) is 0.391. The molecule has 3 heteroatoms. The van der Waals surface area contributed by atoms with E-state index in [1.807, 2.05) is 18.5 Å². The highest BCUT2D eigenvalue weighted by Gasteiger charge is 2.01. The summed E-state index contributed by atoms with van der Waals surface area (Å²) in [6, 6.07) is 4.21. The number of unbranched alkanes of at least 4 members (excludes halogenated alkanes) is 6. The highest BCUT2D eigenvalue weighted by molar-refractivity contribution is 5.08. The van der Waals surface area contributed by atoms with E-state index in [0.717, 1.165) is 12.5 Å². The molecule has 1 aromatic rings. The van der Waals surface area contributed by atoms with E-state index >= 15 is 0 Å². The van der Waals surface area contributed by atoms with Gasteiger partial charge in [0.1, 0.15) is 0 Å². The molecule has 0 saturated heterocycles. The molecule has 3 nitrogen and oxygen atoms in total. The third-order valence-corrected chi connectivity index (χ3v) is 4.27. The molecule has 0 amide bonds. The van der Waals surface area contributed by atoms with Gasteiger partial charge in [0, 0.05) is 18.9 Å². The number of aryl methyl sites for hydroxylation is 1. The maximum atomic E-state index is 4.86. The van der Waals surface area contributed by atoms with Gasteiger partial charge in [0.15, 0.2) is 0 Å². The molecule has 0 saturated carbocycles. The van der Waals surface area contributed by atoms with Crippen LogP contribution in [0.4, 0.5) is 0 Å². The fourth-order valence-electron chi connectivity index (χ4n) is 2.80. The minimum Gasteiger partial charge on any atom is -0.305 e. The first-order valence-electron chi connectivity index (χ1n) is 8.97. The van der Waals surface area contributed by atoms with E-state index in [1.165, 1.54) is 69.8 Å². The summed E-state index contributed by atoms with van der Waals surface area (Å²) in [5, 5.41) is 0. The van der Waals surface area contributed by atoms with Crippen molar-refractivity contribution in [2.24, 2.45) is 5.92 Å². The van der Waals surface area contributed by atoms with E-state index in [-0.39, 0.29) is 0 Å². The van der Waals surface area contributed by atoms with Crippen LogP contribution in [0.3, 0.4) is 0 Å². The SMILES string of the molecule is CONCC[C@@H](C)CCCCCCCCCc1cccnc1. The molecule has 0 spiro atoms. The molecular weight excluding hydrogens is 272 g/mol. The molecule has 126 valence electrons. The summed E-state index contributed by atoms with van der Waals surface area (Å²) in [6.45, 7) is 3.31. The Hall–Kier alpha value is -0.930. The third kappa shape index (κ3) is 10.7. The van der Waals surface area contributed by atoms with Crippen molar-refractivity contribution in [2.75, 3.05) is 13.7 Å². The van der Waals surface area contributed by atoms with E-state index in [2.05, 4.69) is 23.5 Å². The highest BCUT2D eigenvalue weighted by atomic mass is 16.6. The molecule has 0 radical (unpaired) electrons. The topological polar surface area (TPSA) is 34.1 Å². The number of rotatable bonds is 14. The van der Waals surface area contributed by atoms with Crippen LogP contribution in [0, 0.1) is 5.92 Å². The van der Waals surface area contributed by atoms with Gasteiger partial charge in [-0.1, -0.05) is 57.9 Å². The summed E-state index contributed by atoms with van der Waals surface area (Å²) in [7, 11) is 1.68. The zero-order chi connectivity index (χ0) is 15.9. The van der Waals surface area contributed by atoms with E-state index in [9.17, 15) is 0 Å². The monoisotopic (exact) mass is 306 g/mol. The molecule has 0 aliphatic heterocycles. The van der Waals surface area contributed by atoms with Crippen molar-refractivity contribution in [3.8, 4) is 0 Å². The Balaban J connectivity index is 1.81. The largest absolute Gasteiger partial charge is 0.305 e. The van der Waals surface area contributed by atoms with Crippen molar-refractivity contribution < 1.29 is 4.84 Å². The van der Waals surface area contributed by atoms with Gasteiger partial charge in [-0.05, 0) is 36.8 Å². The molecule has 1 heterocycles. The first-order chi connectivity index (χ1) is 10.8. The second-order valence-electron chi connectivity index (χ2n) is 6.37. The minimum atomic E-state index is 0.808. The van der Waals surface area contributed by atoms with Gasteiger partial charge in [0.2, 0.25) is 0 Å². The Morgan fingerprint density at radius 2 is 1.77 bits per heavy atom. The smallest absolute Gasteiger partial charge is 0.0572 e. The number of hydroxylamine groups is 1. The average Bonchev–Trinajstić information content (AvgIpc) is 2.54. The maximum Gasteiger partial charge on any atom is 0.0572 e. The molecule has 22 heavy (non-hydrogen) atoms. The van der Waals surface area contributed by atoms with Crippen molar-refractivity contribution in [1.82, 2.24) is 10.5 Å². The molecular formula is C19H34N2O. The summed E-state index contributed by atoms with van der Waals surface area (Å²) in [5.74, 6) is 0.808. The number of nitrogens with one attached hydrogen (secondary N) is 1. The molecule has 1 rings (SSSR count). The molecule has 1 atom stereocenters. The van der Waals surface area contributed by atoms with E-state index in [4.69, 9.17) is 4.84 Å². The van der Waals surface area contributed by atoms with Gasteiger partial charge in [-0.2, -0.15) is 0 Å². The first-order valence-corrected chi connectivity index (χ1v) is 8.97. The number of aromatic nitrogens is 1. The number of hydrogen-bond donors (Lipinski definition) is 1. The highest BCUT2D eigenvalue weighted by Crippen LogP contribution is 2.15. The molecule has 1 aromatic heterocycles. The lowest BCUT2D eigenvalue weighted by Gasteiger charge is -2.11. The zero-order valence-corrected chi connectivity index (χ0v) is 14.5. The van der Waals surface area contributed by atoms with Gasteiger partial charge >= 0.3 is 0 Å². The van der Waals surface area contributed by atoms with Crippen LogP contribution in [0.5, 0.6) is 0 Å². The van der Waals surface area contributed by atoms with Crippen LogP contribution >= 0.6 is 0 Å². The second kappa shape index (κ2) is 13.7. The van der Waals surface area contributed by atoms with Crippen LogP contribution in [-0.2, 0) is 11.3 Å². The van der Waals surface area contributed by atoms with Crippen LogP contribution in [-0.4, -0.2) is 18.6 Å². The molecule has 0 aliphatic carbocycles. The van der Waals surface area contributed by atoms with Crippen molar-refractivity contribution in [3.63, 3.8) is 0 Å². The van der Waals surface area contributed by atoms with Gasteiger partial charge in [-0.25, -0.2) is 5.48 Å². The maximum absolute atomic E-state index is 4.86. The normalized spacial score (nSPS) is 12.5. The van der Waals surface area contributed by atoms with Gasteiger partial charge in [-0.15, -0.1) is 0 Å². The molecule has 0 aromatic carbocycles. The third-order valence-electron chi connectivity index (χ3n) is 4.27. The number of nitrogens with zero attached hydrogens (tertiary/aromatic N) is 1. The Labute approximate surface area is 136 Å². The Morgan fingerprint density at radius 3 is 2.45 bits per heavy atom. The first kappa shape index (κ1) is 19.1. The van der Waals surface area contributed by atoms with Gasteiger partial charge in [-0.3, -0.25) is 4.98 Å². The van der Waals surface area contributed by atoms with Crippen LogP contribution < -0.4 is 5.48 Å². The summed E-state index contributed by atoms with van der Waals surface area (Å²) in [4.78, 5) is 9.02. The number of hydrogen-bond acceptors (Lipinski definition) is 3. The molecule has 0 bridgehead atoms. The van der Waals surface area contributed by atoms with Gasteiger partial charge < -0.3 is 4.84 Å². The molecule has 1 N–H and O–H groups in total. The van der Waals surface area contributed by atoms with E-state index in [0.29, 0.717) is 0 Å². The Kier molecular flexibility index (Phi) is 11.9. The van der Waals surface area contributed by atoms with Crippen LogP contribution in [0.25, 0.3) is 0 Å². The summed E-state index contributed by atoms with van der Waals surface area (Å²) >= 11 is 0. The fourth-order valence-corrected chi connectivity index (χ4v) is 2.80. The van der Waals surface area contributed by atoms with Crippen LogP contribution in [0.15, 0.2) is 24.5 Å². The van der Waals surface area contributed by atoms with Crippen LogP contribution in [0.2, 0.25) is 0 Å². The Morgan fingerprint density at radius 1 is 1.05 bits per heavy atom. The second-order valence-corrected chi connectivity index (χ2v) is 6.37. The molecule has 0 fully saturated rings. The van der Waals surface area contributed by atoms with Gasteiger partial charge in [0.05, 0.1) is 7.11 Å². The fraction of sp³-hybridized carbons (Fsp3) is 0.737. The molecule has 0 aliphatic rings. The zero-order valence-electron chi connectivity index (χ0n) is 14.5. The molecule has 0 unspecified atom stereocenters. The Bertz CT molecular complexity index is 343.